The lowest BCUT2D eigenvalue weighted by Crippen LogP contribution is -2.11. The highest BCUT2D eigenvalue weighted by Gasteiger charge is 2.22. The average Bonchev–Trinajstić information content (AvgIpc) is 3.22. The van der Waals surface area contributed by atoms with E-state index < -0.39 is 5.97 Å². The fraction of sp³-hybridized carbons (Fsp3) is 0.304. The number of ether oxygens (including phenoxy) is 2. The molecule has 3 rings (SSSR count). The number of halogens is 1. The van der Waals surface area contributed by atoms with Crippen LogP contribution < -0.4 is 10.1 Å². The number of anilines is 1. The SMILES string of the molecule is CCC(=O)Nc1cc(C(=O)OC)cc(C2=C(c3cc(F)ccc3OC)CCC2)c1. The Morgan fingerprint density at radius 2 is 1.83 bits per heavy atom. The molecule has 1 aliphatic carbocycles. The van der Waals surface area contributed by atoms with Crippen LogP contribution in [0.5, 0.6) is 5.75 Å². The molecule has 0 unspecified atom stereocenters. The van der Waals surface area contributed by atoms with Crippen LogP contribution in [0.25, 0.3) is 11.1 Å². The second-order valence-electron chi connectivity index (χ2n) is 6.85. The van der Waals surface area contributed by atoms with Crippen molar-refractivity contribution in [2.45, 2.75) is 32.6 Å². The van der Waals surface area contributed by atoms with Gasteiger partial charge in [-0.25, -0.2) is 9.18 Å². The number of amides is 1. The molecule has 152 valence electrons. The molecular weight excluding hydrogens is 373 g/mol. The van der Waals surface area contributed by atoms with E-state index in [9.17, 15) is 14.0 Å². The predicted molar refractivity (Wildman–Crippen MR) is 110 cm³/mol. The quantitative estimate of drug-likeness (QED) is 0.692. The lowest BCUT2D eigenvalue weighted by Gasteiger charge is -2.15. The number of rotatable bonds is 6. The van der Waals surface area contributed by atoms with Gasteiger partial charge in [0, 0.05) is 17.7 Å². The molecule has 0 atom stereocenters. The Bertz CT molecular complexity index is 981. The number of carbonyl (C=O) groups excluding carboxylic acids is 2. The molecule has 0 spiro atoms. The van der Waals surface area contributed by atoms with E-state index in [1.165, 1.54) is 19.2 Å². The maximum atomic E-state index is 13.9. The largest absolute Gasteiger partial charge is 0.496 e. The Morgan fingerprint density at radius 1 is 1.07 bits per heavy atom. The van der Waals surface area contributed by atoms with E-state index in [1.54, 1.807) is 32.2 Å². The monoisotopic (exact) mass is 397 g/mol. The maximum absolute atomic E-state index is 13.9. The normalized spacial score (nSPS) is 13.4. The van der Waals surface area contributed by atoms with Gasteiger partial charge in [-0.3, -0.25) is 4.79 Å². The van der Waals surface area contributed by atoms with Crippen LogP contribution in [0.1, 0.15) is 54.1 Å². The lowest BCUT2D eigenvalue weighted by molar-refractivity contribution is -0.115. The zero-order valence-electron chi connectivity index (χ0n) is 16.8. The Kier molecular flexibility index (Phi) is 6.32. The highest BCUT2D eigenvalue weighted by molar-refractivity contribution is 5.99. The molecule has 2 aromatic carbocycles. The summed E-state index contributed by atoms with van der Waals surface area (Å²) in [5.41, 5.74) is 4.38. The van der Waals surface area contributed by atoms with Crippen molar-refractivity contribution < 1.29 is 23.5 Å². The van der Waals surface area contributed by atoms with Crippen LogP contribution >= 0.6 is 0 Å². The molecule has 2 aromatic rings. The Labute approximate surface area is 169 Å². The van der Waals surface area contributed by atoms with Crippen LogP contribution in [0.4, 0.5) is 10.1 Å². The highest BCUT2D eigenvalue weighted by Crippen LogP contribution is 2.43. The van der Waals surface area contributed by atoms with Gasteiger partial charge in [-0.05, 0) is 72.4 Å². The van der Waals surface area contributed by atoms with Gasteiger partial charge in [0.25, 0.3) is 0 Å². The highest BCUT2D eigenvalue weighted by atomic mass is 19.1. The number of benzene rings is 2. The van der Waals surface area contributed by atoms with Crippen LogP contribution in [0.3, 0.4) is 0 Å². The van der Waals surface area contributed by atoms with Crippen molar-refractivity contribution in [3.8, 4) is 5.75 Å². The van der Waals surface area contributed by atoms with E-state index in [0.717, 1.165) is 36.0 Å². The fourth-order valence-electron chi connectivity index (χ4n) is 3.63. The number of carbonyl (C=O) groups is 2. The molecule has 0 aliphatic heterocycles. The molecule has 0 radical (unpaired) electrons. The molecule has 0 bridgehead atoms. The minimum absolute atomic E-state index is 0.148. The first-order chi connectivity index (χ1) is 14.0. The molecule has 0 fully saturated rings. The molecule has 0 saturated carbocycles. The van der Waals surface area contributed by atoms with E-state index in [0.29, 0.717) is 29.0 Å². The number of hydrogen-bond acceptors (Lipinski definition) is 4. The van der Waals surface area contributed by atoms with Crippen molar-refractivity contribution in [2.75, 3.05) is 19.5 Å². The van der Waals surface area contributed by atoms with Crippen LogP contribution in [0, 0.1) is 5.82 Å². The van der Waals surface area contributed by atoms with Crippen molar-refractivity contribution in [3.63, 3.8) is 0 Å². The van der Waals surface area contributed by atoms with E-state index in [-0.39, 0.29) is 11.7 Å². The average molecular weight is 397 g/mol. The van der Waals surface area contributed by atoms with Gasteiger partial charge >= 0.3 is 5.97 Å². The van der Waals surface area contributed by atoms with Gasteiger partial charge in [-0.15, -0.1) is 0 Å². The summed E-state index contributed by atoms with van der Waals surface area (Å²) in [7, 11) is 2.87. The molecule has 0 heterocycles. The number of hydrogen-bond donors (Lipinski definition) is 1. The van der Waals surface area contributed by atoms with Gasteiger partial charge in [0.2, 0.25) is 5.91 Å². The summed E-state index contributed by atoms with van der Waals surface area (Å²) < 4.78 is 24.2. The standard InChI is InChI=1S/C23H24FNO4/c1-4-22(26)25-17-11-14(10-15(12-17)23(27)29-3)18-6-5-7-19(18)20-13-16(24)8-9-21(20)28-2/h8-13H,4-7H2,1-3H3,(H,25,26). The smallest absolute Gasteiger partial charge is 0.337 e. The van der Waals surface area contributed by atoms with Crippen molar-refractivity contribution in [1.82, 2.24) is 0 Å². The molecular formula is C23H24FNO4. The van der Waals surface area contributed by atoms with E-state index in [2.05, 4.69) is 5.32 Å². The minimum Gasteiger partial charge on any atom is -0.496 e. The van der Waals surface area contributed by atoms with Crippen molar-refractivity contribution in [1.29, 1.82) is 0 Å². The van der Waals surface area contributed by atoms with Crippen molar-refractivity contribution >= 4 is 28.7 Å². The number of esters is 1. The number of allylic oxidation sites excluding steroid dienone is 2. The zero-order valence-corrected chi connectivity index (χ0v) is 16.8. The second-order valence-corrected chi connectivity index (χ2v) is 6.85. The maximum Gasteiger partial charge on any atom is 0.337 e. The molecule has 0 saturated heterocycles. The molecule has 5 nitrogen and oxygen atoms in total. The van der Waals surface area contributed by atoms with Crippen LogP contribution in [0.15, 0.2) is 36.4 Å². The molecule has 1 N–H and O–H groups in total. The molecule has 29 heavy (non-hydrogen) atoms. The van der Waals surface area contributed by atoms with E-state index in [4.69, 9.17) is 9.47 Å². The molecule has 6 heteroatoms. The van der Waals surface area contributed by atoms with Gasteiger partial charge < -0.3 is 14.8 Å². The number of methoxy groups -OCH3 is 2. The third kappa shape index (κ3) is 4.47. The summed E-state index contributed by atoms with van der Waals surface area (Å²) in [6, 6.07) is 9.65. The summed E-state index contributed by atoms with van der Waals surface area (Å²) in [6.07, 6.45) is 2.78. The topological polar surface area (TPSA) is 64.6 Å². The fourth-order valence-corrected chi connectivity index (χ4v) is 3.63. The van der Waals surface area contributed by atoms with Gasteiger partial charge in [0.1, 0.15) is 11.6 Å². The van der Waals surface area contributed by atoms with Crippen LogP contribution in [-0.2, 0) is 9.53 Å². The lowest BCUT2D eigenvalue weighted by atomic mass is 9.94. The number of nitrogens with one attached hydrogen (secondary N) is 1. The third-order valence-corrected chi connectivity index (χ3v) is 5.01. The molecule has 1 aliphatic rings. The first kappa shape index (κ1) is 20.6. The van der Waals surface area contributed by atoms with Crippen molar-refractivity contribution in [2.24, 2.45) is 0 Å². The minimum atomic E-state index is -0.484. The summed E-state index contributed by atoms with van der Waals surface area (Å²) in [5, 5.41) is 2.81. The summed E-state index contributed by atoms with van der Waals surface area (Å²) in [4.78, 5) is 24.0. The zero-order chi connectivity index (χ0) is 21.0. The van der Waals surface area contributed by atoms with E-state index >= 15 is 0 Å². The summed E-state index contributed by atoms with van der Waals surface area (Å²) >= 11 is 0. The first-order valence-electron chi connectivity index (χ1n) is 9.56. The first-order valence-corrected chi connectivity index (χ1v) is 9.56. The van der Waals surface area contributed by atoms with Gasteiger partial charge in [-0.2, -0.15) is 0 Å². The van der Waals surface area contributed by atoms with Gasteiger partial charge in [0.05, 0.1) is 19.8 Å². The molecule has 1 amide bonds. The second kappa shape index (κ2) is 8.90. The third-order valence-electron chi connectivity index (χ3n) is 5.01. The Morgan fingerprint density at radius 3 is 2.52 bits per heavy atom. The van der Waals surface area contributed by atoms with Gasteiger partial charge in [0.15, 0.2) is 0 Å². The Balaban J connectivity index is 2.15. The summed E-state index contributed by atoms with van der Waals surface area (Å²) in [5.74, 6) is -0.365. The molecule has 0 aromatic heterocycles. The van der Waals surface area contributed by atoms with Crippen LogP contribution in [0.2, 0.25) is 0 Å². The summed E-state index contributed by atoms with van der Waals surface area (Å²) in [6.45, 7) is 1.76. The Hall–Kier alpha value is -3.15. The van der Waals surface area contributed by atoms with Crippen molar-refractivity contribution in [3.05, 3.63) is 58.9 Å². The van der Waals surface area contributed by atoms with Crippen LogP contribution in [-0.4, -0.2) is 26.1 Å². The predicted octanol–water partition coefficient (Wildman–Crippen LogP) is 5.06. The van der Waals surface area contributed by atoms with E-state index in [1.807, 2.05) is 6.07 Å². The van der Waals surface area contributed by atoms with Gasteiger partial charge in [-0.1, -0.05) is 6.92 Å².